The fraction of sp³-hybridized carbons (Fsp3) is 0.105. The van der Waals surface area contributed by atoms with E-state index < -0.39 is 0 Å². The number of hydrogen-bond donors (Lipinski definition) is 1. The number of hydrogen-bond acceptors (Lipinski definition) is 5. The molecular formula is C19H15BrO5. The third-order valence-electron chi connectivity index (χ3n) is 3.65. The van der Waals surface area contributed by atoms with Crippen LogP contribution in [0.4, 0.5) is 0 Å². The number of carbonyl (C=O) groups excluding carboxylic acids is 1. The van der Waals surface area contributed by atoms with Crippen molar-refractivity contribution in [2.75, 3.05) is 14.2 Å². The van der Waals surface area contributed by atoms with E-state index in [4.69, 9.17) is 13.9 Å². The molecule has 2 aromatic carbocycles. The van der Waals surface area contributed by atoms with E-state index in [1.54, 1.807) is 30.3 Å². The van der Waals surface area contributed by atoms with Crippen molar-refractivity contribution >= 4 is 38.8 Å². The highest BCUT2D eigenvalue weighted by Gasteiger charge is 2.12. The lowest BCUT2D eigenvalue weighted by molar-refractivity contribution is 0.102. The Hall–Kier alpha value is -2.73. The fourth-order valence-corrected chi connectivity index (χ4v) is 2.78. The number of ketones is 1. The van der Waals surface area contributed by atoms with Gasteiger partial charge in [-0.2, -0.15) is 0 Å². The molecule has 25 heavy (non-hydrogen) atoms. The molecule has 0 amide bonds. The molecule has 1 aromatic heterocycles. The molecule has 1 heterocycles. The molecule has 0 bridgehead atoms. The summed E-state index contributed by atoms with van der Waals surface area (Å²) >= 11 is 3.39. The van der Waals surface area contributed by atoms with Crippen LogP contribution in [0.5, 0.6) is 17.2 Å². The second-order valence-electron chi connectivity index (χ2n) is 5.26. The first-order chi connectivity index (χ1) is 12.0. The van der Waals surface area contributed by atoms with Crippen molar-refractivity contribution in [2.24, 2.45) is 0 Å². The average molecular weight is 403 g/mol. The number of aromatic hydroxyl groups is 1. The van der Waals surface area contributed by atoms with E-state index in [0.717, 1.165) is 9.86 Å². The molecule has 1 N–H and O–H groups in total. The van der Waals surface area contributed by atoms with E-state index in [1.165, 1.54) is 20.3 Å². The molecule has 128 valence electrons. The summed E-state index contributed by atoms with van der Waals surface area (Å²) in [7, 11) is 2.89. The second kappa shape index (κ2) is 7.03. The molecule has 0 atom stereocenters. The molecule has 5 nitrogen and oxygen atoms in total. The van der Waals surface area contributed by atoms with E-state index in [0.29, 0.717) is 11.1 Å². The maximum absolute atomic E-state index is 12.3. The summed E-state index contributed by atoms with van der Waals surface area (Å²) in [5, 5.41) is 10.8. The first kappa shape index (κ1) is 17.1. The van der Waals surface area contributed by atoms with Gasteiger partial charge in [0.1, 0.15) is 5.58 Å². The third kappa shape index (κ3) is 3.53. The van der Waals surface area contributed by atoms with Gasteiger partial charge in [-0.3, -0.25) is 4.79 Å². The van der Waals surface area contributed by atoms with Crippen molar-refractivity contribution in [3.8, 4) is 17.2 Å². The Balaban J connectivity index is 1.88. The van der Waals surface area contributed by atoms with Crippen LogP contribution in [-0.2, 0) is 0 Å². The Labute approximate surface area is 152 Å². The van der Waals surface area contributed by atoms with Crippen molar-refractivity contribution in [3.05, 3.63) is 58.3 Å². The molecule has 0 fully saturated rings. The van der Waals surface area contributed by atoms with Crippen molar-refractivity contribution in [1.82, 2.24) is 0 Å². The Bertz CT molecular complexity index is 946. The molecule has 0 spiro atoms. The highest BCUT2D eigenvalue weighted by atomic mass is 79.9. The monoisotopic (exact) mass is 402 g/mol. The Morgan fingerprint density at radius 2 is 1.80 bits per heavy atom. The number of halogens is 1. The molecule has 6 heteroatoms. The van der Waals surface area contributed by atoms with E-state index in [1.807, 2.05) is 12.1 Å². The minimum atomic E-state index is -0.265. The van der Waals surface area contributed by atoms with Crippen molar-refractivity contribution in [1.29, 1.82) is 0 Å². The normalized spacial score (nSPS) is 11.2. The molecule has 0 unspecified atom stereocenters. The van der Waals surface area contributed by atoms with Gasteiger partial charge in [-0.05, 0) is 48.0 Å². The summed E-state index contributed by atoms with van der Waals surface area (Å²) in [6, 6.07) is 10.5. The topological polar surface area (TPSA) is 68.9 Å². The average Bonchev–Trinajstić information content (AvgIpc) is 3.03. The van der Waals surface area contributed by atoms with Crippen LogP contribution in [0.15, 0.2) is 51.4 Å². The summed E-state index contributed by atoms with van der Waals surface area (Å²) in [5.74, 6) is 0.428. The lowest BCUT2D eigenvalue weighted by Crippen LogP contribution is -1.92. The minimum Gasteiger partial charge on any atom is -0.502 e. The van der Waals surface area contributed by atoms with E-state index in [-0.39, 0.29) is 28.8 Å². The van der Waals surface area contributed by atoms with Crippen molar-refractivity contribution in [2.45, 2.75) is 0 Å². The van der Waals surface area contributed by atoms with Crippen LogP contribution in [0.2, 0.25) is 0 Å². The second-order valence-corrected chi connectivity index (χ2v) is 6.18. The zero-order valence-electron chi connectivity index (χ0n) is 13.6. The van der Waals surface area contributed by atoms with Gasteiger partial charge in [0.25, 0.3) is 0 Å². The summed E-state index contributed by atoms with van der Waals surface area (Å²) < 4.78 is 16.7. The van der Waals surface area contributed by atoms with Crippen molar-refractivity contribution in [3.63, 3.8) is 0 Å². The minimum absolute atomic E-state index is 0.0867. The number of benzene rings is 2. The summed E-state index contributed by atoms with van der Waals surface area (Å²) in [6.45, 7) is 0. The molecule has 3 aromatic rings. The smallest absolute Gasteiger partial charge is 0.221 e. The summed E-state index contributed by atoms with van der Waals surface area (Å²) in [4.78, 5) is 12.3. The van der Waals surface area contributed by atoms with Gasteiger partial charge < -0.3 is 19.0 Å². The molecule has 0 saturated carbocycles. The molecule has 0 aliphatic heterocycles. The van der Waals surface area contributed by atoms with Crippen LogP contribution < -0.4 is 9.47 Å². The zero-order valence-corrected chi connectivity index (χ0v) is 15.2. The number of carbonyl (C=O) groups is 1. The van der Waals surface area contributed by atoms with Crippen LogP contribution in [0.1, 0.15) is 16.1 Å². The number of allylic oxidation sites excluding steroid dienone is 1. The van der Waals surface area contributed by atoms with E-state index in [9.17, 15) is 9.90 Å². The maximum Gasteiger partial charge on any atom is 0.221 e. The number of phenolic OH excluding ortho intramolecular Hbond substituents is 1. The van der Waals surface area contributed by atoms with Gasteiger partial charge in [-0.25, -0.2) is 0 Å². The molecule has 0 aliphatic carbocycles. The SMILES string of the molecule is COc1cc(/C=C/C(=O)c2cc3cc(Br)ccc3o2)cc(OC)c1O. The van der Waals surface area contributed by atoms with Gasteiger partial charge in [0.05, 0.1) is 14.2 Å². The molecular weight excluding hydrogens is 388 g/mol. The molecule has 3 rings (SSSR count). The first-order valence-electron chi connectivity index (χ1n) is 7.38. The lowest BCUT2D eigenvalue weighted by Gasteiger charge is -2.09. The van der Waals surface area contributed by atoms with E-state index in [2.05, 4.69) is 15.9 Å². The zero-order chi connectivity index (χ0) is 18.0. The number of rotatable bonds is 5. The number of ether oxygens (including phenoxy) is 2. The van der Waals surface area contributed by atoms with Gasteiger partial charge in [0.15, 0.2) is 17.3 Å². The Morgan fingerprint density at radius 3 is 2.44 bits per heavy atom. The predicted octanol–water partition coefficient (Wildman–Crippen LogP) is 4.81. The predicted molar refractivity (Wildman–Crippen MR) is 98.5 cm³/mol. The van der Waals surface area contributed by atoms with Crippen LogP contribution in [0, 0.1) is 0 Å². The standard InChI is InChI=1S/C19H15BrO5/c1-23-17-7-11(8-18(24-2)19(17)22)3-5-14(21)16-10-12-9-13(20)4-6-15(12)25-16/h3-10,22H,1-2H3/b5-3+. The van der Waals surface area contributed by atoms with Gasteiger partial charge in [0.2, 0.25) is 11.5 Å². The maximum atomic E-state index is 12.3. The number of furan rings is 1. The highest BCUT2D eigenvalue weighted by Crippen LogP contribution is 2.37. The highest BCUT2D eigenvalue weighted by molar-refractivity contribution is 9.10. The third-order valence-corrected chi connectivity index (χ3v) is 4.14. The van der Waals surface area contributed by atoms with Crippen molar-refractivity contribution < 1.29 is 23.8 Å². The molecule has 0 saturated heterocycles. The molecule has 0 radical (unpaired) electrons. The van der Waals surface area contributed by atoms with Gasteiger partial charge in [-0.15, -0.1) is 0 Å². The number of phenols is 1. The Kier molecular flexibility index (Phi) is 4.81. The van der Waals surface area contributed by atoms with Gasteiger partial charge >= 0.3 is 0 Å². The quantitative estimate of drug-likeness (QED) is 0.489. The van der Waals surface area contributed by atoms with Crippen LogP contribution >= 0.6 is 15.9 Å². The number of fused-ring (bicyclic) bond motifs is 1. The van der Waals surface area contributed by atoms with Crippen LogP contribution in [-0.4, -0.2) is 25.1 Å². The van der Waals surface area contributed by atoms with Crippen LogP contribution in [0.25, 0.3) is 17.0 Å². The largest absolute Gasteiger partial charge is 0.502 e. The number of methoxy groups -OCH3 is 2. The van der Waals surface area contributed by atoms with E-state index >= 15 is 0 Å². The van der Waals surface area contributed by atoms with Gasteiger partial charge in [0, 0.05) is 9.86 Å². The van der Waals surface area contributed by atoms with Crippen LogP contribution in [0.3, 0.4) is 0 Å². The van der Waals surface area contributed by atoms with Gasteiger partial charge in [-0.1, -0.05) is 22.0 Å². The lowest BCUT2D eigenvalue weighted by atomic mass is 10.1. The first-order valence-corrected chi connectivity index (χ1v) is 8.17. The Morgan fingerprint density at radius 1 is 1.12 bits per heavy atom. The summed E-state index contributed by atoms with van der Waals surface area (Å²) in [5.41, 5.74) is 1.30. The fourth-order valence-electron chi connectivity index (χ4n) is 2.40. The summed E-state index contributed by atoms with van der Waals surface area (Å²) in [6.07, 6.45) is 3.01. The molecule has 0 aliphatic rings.